The van der Waals surface area contributed by atoms with Crippen LogP contribution in [0.5, 0.6) is 0 Å². The second-order valence-corrected chi connectivity index (χ2v) is 6.18. The molecule has 3 aromatic heterocycles. The molecule has 0 radical (unpaired) electrons. The highest BCUT2D eigenvalue weighted by atomic mass is 16.6. The molecule has 0 unspecified atom stereocenters. The second kappa shape index (κ2) is 4.65. The fourth-order valence-corrected chi connectivity index (χ4v) is 2.19. The van der Waals surface area contributed by atoms with Crippen LogP contribution in [0.3, 0.4) is 0 Å². The Kier molecular flexibility index (Phi) is 3.01. The first kappa shape index (κ1) is 14.2. The number of nitrogens with zero attached hydrogens (tertiary/aromatic N) is 5. The second-order valence-electron chi connectivity index (χ2n) is 6.18. The smallest absolute Gasteiger partial charge is 0.351 e. The summed E-state index contributed by atoms with van der Waals surface area (Å²) in [5.74, 6) is 0.279. The Labute approximate surface area is 125 Å². The van der Waals surface area contributed by atoms with Crippen LogP contribution in [0.15, 0.2) is 15.6 Å². The van der Waals surface area contributed by atoms with E-state index in [-0.39, 0.29) is 11.2 Å². The van der Waals surface area contributed by atoms with E-state index in [1.807, 2.05) is 20.8 Å². The van der Waals surface area contributed by atoms with Crippen molar-refractivity contribution in [2.75, 3.05) is 0 Å². The Morgan fingerprint density at radius 2 is 2.14 bits per heavy atom. The summed E-state index contributed by atoms with van der Waals surface area (Å²) in [6, 6.07) is 0. The third-order valence-corrected chi connectivity index (χ3v) is 3.45. The predicted molar refractivity (Wildman–Crippen MR) is 76.2 cm³/mol. The molecule has 1 N–H and O–H groups in total. The van der Waals surface area contributed by atoms with Gasteiger partial charge in [0.1, 0.15) is 11.4 Å². The summed E-state index contributed by atoms with van der Waals surface area (Å²) in [5, 5.41) is 24.0. The van der Waals surface area contributed by atoms with E-state index in [4.69, 9.17) is 0 Å². The van der Waals surface area contributed by atoms with Gasteiger partial charge >= 0.3 is 5.56 Å². The van der Waals surface area contributed by atoms with E-state index in [1.165, 1.54) is 6.20 Å². The Morgan fingerprint density at radius 3 is 2.73 bits per heavy atom. The van der Waals surface area contributed by atoms with E-state index in [0.29, 0.717) is 28.3 Å². The van der Waals surface area contributed by atoms with Crippen molar-refractivity contribution in [2.45, 2.75) is 39.7 Å². The molecule has 0 fully saturated rings. The molecule has 0 bridgehead atoms. The van der Waals surface area contributed by atoms with Crippen molar-refractivity contribution in [3.05, 3.63) is 39.0 Å². The zero-order chi connectivity index (χ0) is 16.1. The Bertz CT molecular complexity index is 899. The summed E-state index contributed by atoms with van der Waals surface area (Å²) in [6.45, 7) is 7.62. The van der Waals surface area contributed by atoms with Crippen molar-refractivity contribution in [1.29, 1.82) is 0 Å². The van der Waals surface area contributed by atoms with Gasteiger partial charge in [-0.2, -0.15) is 9.83 Å². The maximum atomic E-state index is 12.2. The highest BCUT2D eigenvalue weighted by Crippen LogP contribution is 2.18. The molecule has 9 nitrogen and oxygen atoms in total. The number of aromatic amines is 1. The first-order valence-corrected chi connectivity index (χ1v) is 6.79. The summed E-state index contributed by atoms with van der Waals surface area (Å²) in [4.78, 5) is 15.2. The van der Waals surface area contributed by atoms with Crippen molar-refractivity contribution in [3.63, 3.8) is 0 Å². The number of aryl methyl sites for hydroxylation is 1. The molecular formula is C13H16N6O3. The summed E-state index contributed by atoms with van der Waals surface area (Å²) in [5.41, 5.74) is 0.610. The Balaban J connectivity index is 2.20. The molecule has 22 heavy (non-hydrogen) atoms. The van der Waals surface area contributed by atoms with Crippen LogP contribution in [0.2, 0.25) is 0 Å². The van der Waals surface area contributed by atoms with Gasteiger partial charge in [-0.25, -0.2) is 19.1 Å². The van der Waals surface area contributed by atoms with Crippen LogP contribution in [-0.4, -0.2) is 25.1 Å². The van der Waals surface area contributed by atoms with Gasteiger partial charge in [-0.15, -0.1) is 0 Å². The molecule has 0 atom stereocenters. The lowest BCUT2D eigenvalue weighted by molar-refractivity contribution is -0.634. The highest BCUT2D eigenvalue weighted by molar-refractivity contribution is 5.72. The maximum absolute atomic E-state index is 12.2. The number of H-pyrrole nitrogens is 1. The van der Waals surface area contributed by atoms with Crippen molar-refractivity contribution in [1.82, 2.24) is 25.1 Å². The zero-order valence-corrected chi connectivity index (χ0v) is 12.7. The number of rotatable bonds is 2. The lowest BCUT2D eigenvalue weighted by Crippen LogP contribution is -2.52. The van der Waals surface area contributed by atoms with E-state index in [2.05, 4.69) is 25.0 Å². The summed E-state index contributed by atoms with van der Waals surface area (Å²) in [7, 11) is 0. The van der Waals surface area contributed by atoms with Crippen molar-refractivity contribution in [3.8, 4) is 0 Å². The molecule has 116 valence electrons. The van der Waals surface area contributed by atoms with Gasteiger partial charge in [-0.05, 0) is 27.7 Å². The molecule has 0 aliphatic heterocycles. The minimum absolute atomic E-state index is 0.233. The van der Waals surface area contributed by atoms with Crippen LogP contribution in [0.4, 0.5) is 0 Å². The van der Waals surface area contributed by atoms with E-state index >= 15 is 0 Å². The molecule has 0 amide bonds. The van der Waals surface area contributed by atoms with Gasteiger partial charge < -0.3 is 5.21 Å². The van der Waals surface area contributed by atoms with Crippen molar-refractivity contribution < 1.29 is 9.36 Å². The third kappa shape index (κ3) is 2.14. The van der Waals surface area contributed by atoms with Gasteiger partial charge in [-0.1, -0.05) is 10.3 Å². The fourth-order valence-electron chi connectivity index (χ4n) is 2.19. The summed E-state index contributed by atoms with van der Waals surface area (Å²) in [6.07, 6.45) is 1.37. The predicted octanol–water partition coefficient (Wildman–Crippen LogP) is 0.395. The van der Waals surface area contributed by atoms with Gasteiger partial charge in [0.25, 0.3) is 5.82 Å². The fraction of sp³-hybridized carbons (Fsp3) is 0.462. The monoisotopic (exact) mass is 304 g/mol. The first-order valence-electron chi connectivity index (χ1n) is 6.79. The third-order valence-electron chi connectivity index (χ3n) is 3.45. The standard InChI is InChI=1S/C13H16N6O3/c1-7-9(17-22-16-7)6-18-10-8(5-14-18)11(20)19(21)12(15-10)13(2,3)4/h5,15H,6H2,1-4H3. The maximum Gasteiger partial charge on any atom is 0.351 e. The molecular weight excluding hydrogens is 288 g/mol. The van der Waals surface area contributed by atoms with E-state index in [9.17, 15) is 10.0 Å². The first-order chi connectivity index (χ1) is 10.3. The zero-order valence-electron chi connectivity index (χ0n) is 12.7. The van der Waals surface area contributed by atoms with Gasteiger partial charge in [0.2, 0.25) is 5.65 Å². The molecule has 3 rings (SSSR count). The molecule has 3 heterocycles. The number of hydrogen-bond donors (Lipinski definition) is 1. The van der Waals surface area contributed by atoms with Crippen LogP contribution < -0.4 is 10.3 Å². The molecule has 0 aliphatic carbocycles. The van der Waals surface area contributed by atoms with E-state index in [0.717, 1.165) is 0 Å². The summed E-state index contributed by atoms with van der Waals surface area (Å²) < 4.78 is 6.61. The lowest BCUT2D eigenvalue weighted by atomic mass is 9.95. The minimum atomic E-state index is -0.625. The van der Waals surface area contributed by atoms with Crippen LogP contribution in [-0.2, 0) is 12.0 Å². The molecule has 0 spiro atoms. The Hall–Kier alpha value is -2.71. The largest absolute Gasteiger partial charge is 0.708 e. The van der Waals surface area contributed by atoms with Gasteiger partial charge in [0, 0.05) is 0 Å². The SMILES string of the molecule is Cc1nonc1Cn1ncc2c(=O)[n+]([O-])c(C(C)(C)C)[nH]c21. The number of nitrogens with one attached hydrogen (secondary N) is 1. The normalized spacial score (nSPS) is 12.2. The van der Waals surface area contributed by atoms with Gasteiger partial charge in [0.15, 0.2) is 5.39 Å². The molecule has 9 heteroatoms. The highest BCUT2D eigenvalue weighted by Gasteiger charge is 2.28. The molecule has 0 aliphatic rings. The molecule has 3 aromatic rings. The molecule has 0 aromatic carbocycles. The van der Waals surface area contributed by atoms with Crippen molar-refractivity contribution in [2.24, 2.45) is 0 Å². The van der Waals surface area contributed by atoms with E-state index in [1.54, 1.807) is 11.6 Å². The lowest BCUT2D eigenvalue weighted by Gasteiger charge is -2.17. The van der Waals surface area contributed by atoms with Crippen LogP contribution in [0.25, 0.3) is 11.0 Å². The van der Waals surface area contributed by atoms with Gasteiger partial charge in [-0.3, -0.25) is 0 Å². The minimum Gasteiger partial charge on any atom is -0.708 e. The average Bonchev–Trinajstić information content (AvgIpc) is 3.01. The quantitative estimate of drug-likeness (QED) is 0.541. The van der Waals surface area contributed by atoms with Crippen LogP contribution in [0, 0.1) is 12.1 Å². The number of aromatic nitrogens is 6. The topological polar surface area (TPSA) is 117 Å². The summed E-state index contributed by atoms with van der Waals surface area (Å²) >= 11 is 0. The Morgan fingerprint density at radius 1 is 1.41 bits per heavy atom. The molecule has 0 saturated heterocycles. The van der Waals surface area contributed by atoms with Crippen molar-refractivity contribution >= 4 is 11.0 Å². The number of hydrogen-bond acceptors (Lipinski definition) is 6. The molecule has 0 saturated carbocycles. The van der Waals surface area contributed by atoms with Crippen LogP contribution in [0.1, 0.15) is 38.0 Å². The van der Waals surface area contributed by atoms with Crippen LogP contribution >= 0.6 is 0 Å². The average molecular weight is 304 g/mol. The van der Waals surface area contributed by atoms with E-state index < -0.39 is 11.0 Å². The van der Waals surface area contributed by atoms with Gasteiger partial charge in [0.05, 0.1) is 18.2 Å². The number of fused-ring (bicyclic) bond motifs is 1.